The molecule has 0 radical (unpaired) electrons. The van der Waals surface area contributed by atoms with Gasteiger partial charge in [-0.1, -0.05) is 243 Å². The lowest BCUT2D eigenvalue weighted by molar-refractivity contribution is 0.590. The first-order chi connectivity index (χ1) is 40.8. The van der Waals surface area contributed by atoms with Crippen molar-refractivity contribution in [2.75, 3.05) is 9.80 Å². The zero-order chi connectivity index (χ0) is 60.1. The number of thiophene rings is 1. The van der Waals surface area contributed by atoms with Crippen molar-refractivity contribution in [2.24, 2.45) is 0 Å². The summed E-state index contributed by atoms with van der Waals surface area (Å²) in [6.07, 6.45) is 0. The fourth-order valence-corrected chi connectivity index (χ4v) is 15.1. The SMILES string of the molecule is CC(C)(C)c1ccc(-c2cc(-c3ccc(C(C)(C)C)cc3)cc(N3c4cccc5c4B(c4cc(C(C)(C)C)ccc4N5c4ccc(C(C)(C)C)cc4-c4ccc5c6ccccc6c6ccccc6c5c4)c4sc5ccc(C(C)(C)C)cc5c43)c2)cc1. The Bertz CT molecular complexity index is 4600. The summed E-state index contributed by atoms with van der Waals surface area (Å²) >= 11 is 1.99. The molecule has 86 heavy (non-hydrogen) atoms. The number of benzene rings is 11. The molecule has 0 amide bonds. The van der Waals surface area contributed by atoms with Crippen molar-refractivity contribution < 1.29 is 0 Å². The van der Waals surface area contributed by atoms with Crippen LogP contribution in [0.1, 0.15) is 132 Å². The molecule has 0 aliphatic carbocycles. The number of fused-ring (bicyclic) bond motifs is 12. The molecule has 0 saturated heterocycles. The third-order valence-corrected chi connectivity index (χ3v) is 20.0. The third-order valence-electron chi connectivity index (χ3n) is 18.8. The Hall–Kier alpha value is -8.18. The van der Waals surface area contributed by atoms with Crippen LogP contribution in [0.4, 0.5) is 34.1 Å². The van der Waals surface area contributed by atoms with E-state index in [2.05, 4.69) is 320 Å². The average Bonchev–Trinajstić information content (AvgIpc) is 1.21. The van der Waals surface area contributed by atoms with E-state index >= 15 is 0 Å². The summed E-state index contributed by atoms with van der Waals surface area (Å²) in [7, 11) is 0. The molecule has 0 bridgehead atoms. The Morgan fingerprint density at radius 2 is 0.744 bits per heavy atom. The molecule has 4 heteroatoms. The normalized spacial score (nSPS) is 13.7. The maximum absolute atomic E-state index is 2.68. The smallest absolute Gasteiger partial charge is 0.264 e. The van der Waals surface area contributed by atoms with Crippen molar-refractivity contribution in [3.05, 3.63) is 234 Å². The van der Waals surface area contributed by atoms with Crippen LogP contribution in [-0.4, -0.2) is 6.71 Å². The molecule has 2 aliphatic rings. The second kappa shape index (κ2) is 19.7. The van der Waals surface area contributed by atoms with Crippen LogP contribution in [0.5, 0.6) is 0 Å². The van der Waals surface area contributed by atoms with E-state index in [1.54, 1.807) is 0 Å². The van der Waals surface area contributed by atoms with Crippen molar-refractivity contribution in [3.63, 3.8) is 0 Å². The number of hydrogen-bond donors (Lipinski definition) is 0. The molecular weight excluding hydrogens is 1060 g/mol. The lowest BCUT2D eigenvalue weighted by atomic mass is 9.36. The minimum Gasteiger partial charge on any atom is -0.311 e. The summed E-state index contributed by atoms with van der Waals surface area (Å²) in [4.78, 5) is 5.32. The van der Waals surface area contributed by atoms with E-state index in [9.17, 15) is 0 Å². The Balaban J connectivity index is 1.07. The van der Waals surface area contributed by atoms with Crippen molar-refractivity contribution in [1.82, 2.24) is 0 Å². The highest BCUT2D eigenvalue weighted by Crippen LogP contribution is 2.52. The molecule has 2 aliphatic heterocycles. The quantitative estimate of drug-likeness (QED) is 0.125. The Labute approximate surface area is 515 Å². The van der Waals surface area contributed by atoms with Gasteiger partial charge >= 0.3 is 0 Å². The van der Waals surface area contributed by atoms with Gasteiger partial charge in [0.05, 0.1) is 11.4 Å². The first kappa shape index (κ1) is 55.7. The van der Waals surface area contributed by atoms with E-state index in [0.29, 0.717) is 0 Å². The summed E-state index contributed by atoms with van der Waals surface area (Å²) in [5, 5.41) is 8.99. The molecule has 1 aromatic heterocycles. The maximum atomic E-state index is 2.68. The van der Waals surface area contributed by atoms with Crippen LogP contribution in [0.3, 0.4) is 0 Å². The van der Waals surface area contributed by atoms with Crippen molar-refractivity contribution >= 4 is 110 Å². The number of rotatable bonds is 5. The van der Waals surface area contributed by atoms with E-state index in [1.165, 1.54) is 148 Å². The van der Waals surface area contributed by atoms with E-state index < -0.39 is 0 Å². The molecule has 14 rings (SSSR count). The lowest BCUT2D eigenvalue weighted by Gasteiger charge is -2.44. The topological polar surface area (TPSA) is 6.48 Å². The van der Waals surface area contributed by atoms with Gasteiger partial charge in [0.25, 0.3) is 6.71 Å². The molecule has 2 nitrogen and oxygen atoms in total. The van der Waals surface area contributed by atoms with E-state index in [4.69, 9.17) is 0 Å². The molecule has 0 atom stereocenters. The van der Waals surface area contributed by atoms with Gasteiger partial charge in [0.2, 0.25) is 0 Å². The maximum Gasteiger partial charge on any atom is 0.264 e. The molecule has 0 fully saturated rings. The molecule has 0 unspecified atom stereocenters. The van der Waals surface area contributed by atoms with Crippen molar-refractivity contribution in [2.45, 2.75) is 131 Å². The monoisotopic (exact) mass is 1130 g/mol. The van der Waals surface area contributed by atoms with Gasteiger partial charge in [0.1, 0.15) is 0 Å². The molecule has 0 saturated carbocycles. The van der Waals surface area contributed by atoms with E-state index in [1.807, 2.05) is 11.3 Å². The number of hydrogen-bond acceptors (Lipinski definition) is 3. The predicted octanol–water partition coefficient (Wildman–Crippen LogP) is 21.9. The van der Waals surface area contributed by atoms with Crippen LogP contribution in [0.25, 0.3) is 75.8 Å². The fraction of sp³-hybridized carbons (Fsp3) is 0.244. The molecule has 0 N–H and O–H groups in total. The van der Waals surface area contributed by atoms with Gasteiger partial charge in [0.15, 0.2) is 0 Å². The summed E-state index contributed by atoms with van der Waals surface area (Å²) in [6, 6.07) is 80.5. The number of nitrogens with zero attached hydrogens (tertiary/aromatic N) is 2. The van der Waals surface area contributed by atoms with Crippen LogP contribution in [0.2, 0.25) is 0 Å². The lowest BCUT2D eigenvalue weighted by Crippen LogP contribution is -2.60. The van der Waals surface area contributed by atoms with Crippen LogP contribution < -0.4 is 25.5 Å². The minimum absolute atomic E-state index is 0.0355. The summed E-state index contributed by atoms with van der Waals surface area (Å²) in [5.41, 5.74) is 23.6. The van der Waals surface area contributed by atoms with E-state index in [-0.39, 0.29) is 33.8 Å². The van der Waals surface area contributed by atoms with Crippen molar-refractivity contribution in [3.8, 4) is 33.4 Å². The highest BCUT2D eigenvalue weighted by Gasteiger charge is 2.46. The largest absolute Gasteiger partial charge is 0.311 e. The Morgan fingerprint density at radius 1 is 0.302 bits per heavy atom. The summed E-state index contributed by atoms with van der Waals surface area (Å²) in [6.45, 7) is 35.0. The van der Waals surface area contributed by atoms with Crippen LogP contribution in [-0.2, 0) is 27.1 Å². The van der Waals surface area contributed by atoms with Gasteiger partial charge < -0.3 is 9.80 Å². The molecular formula is C82H79BN2S. The van der Waals surface area contributed by atoms with Gasteiger partial charge in [-0.3, -0.25) is 0 Å². The summed E-state index contributed by atoms with van der Waals surface area (Å²) in [5.74, 6) is 0. The first-order valence-electron chi connectivity index (χ1n) is 31.1. The van der Waals surface area contributed by atoms with Crippen LogP contribution >= 0.6 is 11.3 Å². The zero-order valence-electron chi connectivity index (χ0n) is 53.0. The Kier molecular flexibility index (Phi) is 12.7. The van der Waals surface area contributed by atoms with Gasteiger partial charge in [-0.25, -0.2) is 0 Å². The van der Waals surface area contributed by atoms with Crippen molar-refractivity contribution in [1.29, 1.82) is 0 Å². The molecule has 0 spiro atoms. The van der Waals surface area contributed by atoms with Gasteiger partial charge in [-0.15, -0.1) is 11.3 Å². The molecule has 3 heterocycles. The molecule has 11 aromatic carbocycles. The second-order valence-corrected chi connectivity index (χ2v) is 31.0. The summed E-state index contributed by atoms with van der Waals surface area (Å²) < 4.78 is 2.69. The zero-order valence-corrected chi connectivity index (χ0v) is 53.8. The van der Waals surface area contributed by atoms with Gasteiger partial charge in [0, 0.05) is 43.2 Å². The predicted molar refractivity (Wildman–Crippen MR) is 378 cm³/mol. The van der Waals surface area contributed by atoms with Gasteiger partial charge in [-0.2, -0.15) is 0 Å². The first-order valence-corrected chi connectivity index (χ1v) is 31.9. The second-order valence-electron chi connectivity index (χ2n) is 29.9. The fourth-order valence-electron chi connectivity index (χ4n) is 13.8. The molecule has 12 aromatic rings. The standard InChI is InChI=1S/C82H79BN2S/c1-78(2,3)55-32-27-50(28-33-55)53-43-54(51-29-34-56(35-30-51)79(4,5)6)45-60(44-53)84-72-25-20-26-73-75(72)83(77-76(84)68-48-58(81(10,11)12)38-42-74(68)86-77)69-49-59(82(13,14)15)37-41-71(69)85(73)70-40-36-57(80(7,8)9)47-66(70)52-31-39-65-63-23-17-16-21-61(63)62-22-18-19-24-64(62)67(65)46-52/h16-49H,1-15H3. The highest BCUT2D eigenvalue weighted by atomic mass is 32.1. The average molecular weight is 1140 g/mol. The minimum atomic E-state index is -0.0902. The van der Waals surface area contributed by atoms with Crippen LogP contribution in [0.15, 0.2) is 206 Å². The highest BCUT2D eigenvalue weighted by molar-refractivity contribution is 7.33. The Morgan fingerprint density at radius 3 is 1.28 bits per heavy atom. The van der Waals surface area contributed by atoms with E-state index in [0.717, 1.165) is 5.69 Å². The van der Waals surface area contributed by atoms with Gasteiger partial charge in [-0.05, 0) is 193 Å². The number of anilines is 6. The van der Waals surface area contributed by atoms with Crippen LogP contribution in [0, 0.1) is 0 Å². The third kappa shape index (κ3) is 9.29. The molecule has 426 valence electrons.